The Bertz CT molecular complexity index is 1620. The number of ketones is 1. The van der Waals surface area contributed by atoms with E-state index >= 15 is 0 Å². The van der Waals surface area contributed by atoms with Crippen LogP contribution in [0.3, 0.4) is 0 Å². The van der Waals surface area contributed by atoms with E-state index in [0.717, 1.165) is 79.4 Å². The van der Waals surface area contributed by atoms with E-state index in [1.165, 1.54) is 20.9 Å². The quantitative estimate of drug-likeness (QED) is 0.307. The minimum absolute atomic E-state index is 0.0789. The van der Waals surface area contributed by atoms with E-state index in [9.17, 15) is 9.59 Å². The number of fused-ring (bicyclic) bond motifs is 2. The van der Waals surface area contributed by atoms with Gasteiger partial charge in [0.1, 0.15) is 0 Å². The molecule has 6 heterocycles. The monoisotopic (exact) mass is 558 g/mol. The lowest BCUT2D eigenvalue weighted by Gasteiger charge is -2.34. The predicted octanol–water partition coefficient (Wildman–Crippen LogP) is 5.14. The van der Waals surface area contributed by atoms with E-state index in [0.29, 0.717) is 18.4 Å². The highest BCUT2D eigenvalue weighted by Gasteiger charge is 2.26. The Labute approximate surface area is 239 Å². The van der Waals surface area contributed by atoms with Crippen molar-refractivity contribution in [1.82, 2.24) is 19.6 Å². The van der Waals surface area contributed by atoms with Crippen LogP contribution in [0.15, 0.2) is 35.3 Å². The van der Waals surface area contributed by atoms with Gasteiger partial charge in [-0.3, -0.25) is 14.5 Å². The summed E-state index contributed by atoms with van der Waals surface area (Å²) in [5.41, 5.74) is 8.93. The van der Waals surface area contributed by atoms with Crippen molar-refractivity contribution in [3.8, 4) is 10.4 Å². The fraction of sp³-hybridized carbons (Fsp3) is 0.438. The third-order valence-electron chi connectivity index (χ3n) is 8.60. The predicted molar refractivity (Wildman–Crippen MR) is 161 cm³/mol. The largest absolute Gasteiger partial charge is 0.379 e. The number of hydrogen-bond donors (Lipinski definition) is 2. The van der Waals surface area contributed by atoms with Crippen LogP contribution >= 0.6 is 11.3 Å². The molecule has 6 rings (SSSR count). The van der Waals surface area contributed by atoms with E-state index in [1.807, 2.05) is 31.3 Å². The Balaban J connectivity index is 1.40. The highest BCUT2D eigenvalue weighted by atomic mass is 32.1. The maximum Gasteiger partial charge on any atom is 0.251 e. The number of hydrogen-bond acceptors (Lipinski definition) is 6. The molecule has 8 heteroatoms. The van der Waals surface area contributed by atoms with Crippen molar-refractivity contribution in [1.29, 1.82) is 0 Å². The summed E-state index contributed by atoms with van der Waals surface area (Å²) in [7, 11) is 0. The second-order valence-electron chi connectivity index (χ2n) is 11.3. The molecule has 0 bridgehead atoms. The Morgan fingerprint density at radius 2 is 1.93 bits per heavy atom. The second-order valence-corrected chi connectivity index (χ2v) is 12.4. The molecule has 1 atom stereocenters. The number of rotatable bonds is 7. The smallest absolute Gasteiger partial charge is 0.251 e. The Hall–Kier alpha value is -3.04. The number of morpholine rings is 1. The molecule has 0 radical (unpaired) electrons. The summed E-state index contributed by atoms with van der Waals surface area (Å²) in [4.78, 5) is 34.5. The number of carbonyl (C=O) groups excluding carboxylic acids is 1. The minimum atomic E-state index is -0.0934. The lowest BCUT2D eigenvalue weighted by molar-refractivity contribution is 0.0187. The van der Waals surface area contributed by atoms with Gasteiger partial charge in [0, 0.05) is 88.2 Å². The Morgan fingerprint density at radius 3 is 2.67 bits per heavy atom. The third kappa shape index (κ3) is 5.09. The van der Waals surface area contributed by atoms with Gasteiger partial charge in [-0.25, -0.2) is 0 Å². The van der Waals surface area contributed by atoms with Crippen molar-refractivity contribution in [3.05, 3.63) is 84.9 Å². The number of aromatic nitrogens is 2. The van der Waals surface area contributed by atoms with Gasteiger partial charge in [0.25, 0.3) is 5.56 Å². The molecule has 7 nitrogen and oxygen atoms in total. The average molecular weight is 559 g/mol. The summed E-state index contributed by atoms with van der Waals surface area (Å²) in [6, 6.07) is 8.71. The van der Waals surface area contributed by atoms with Gasteiger partial charge < -0.3 is 19.4 Å². The molecule has 1 unspecified atom stereocenters. The van der Waals surface area contributed by atoms with Crippen LogP contribution < -0.4 is 10.9 Å². The number of aromatic amines is 1. The lowest BCUT2D eigenvalue weighted by Crippen LogP contribution is -2.39. The van der Waals surface area contributed by atoms with E-state index in [-0.39, 0.29) is 17.4 Å². The molecule has 0 amide bonds. The first-order valence-electron chi connectivity index (χ1n) is 14.3. The topological polar surface area (TPSA) is 78.8 Å². The van der Waals surface area contributed by atoms with Gasteiger partial charge in [0.05, 0.1) is 13.2 Å². The van der Waals surface area contributed by atoms with Crippen LogP contribution in [-0.2, 0) is 24.1 Å². The molecule has 2 N–H and O–H groups in total. The zero-order valence-electron chi connectivity index (χ0n) is 23.9. The van der Waals surface area contributed by atoms with Crippen LogP contribution in [0.5, 0.6) is 0 Å². The normalized spacial score (nSPS) is 16.8. The van der Waals surface area contributed by atoms with Crippen LogP contribution in [0, 0.1) is 20.8 Å². The Kier molecular flexibility index (Phi) is 7.52. The van der Waals surface area contributed by atoms with Gasteiger partial charge >= 0.3 is 0 Å². The van der Waals surface area contributed by atoms with Crippen molar-refractivity contribution in [2.24, 2.45) is 0 Å². The highest BCUT2D eigenvalue weighted by molar-refractivity contribution is 7.15. The van der Waals surface area contributed by atoms with Gasteiger partial charge in [-0.05, 0) is 81.5 Å². The van der Waals surface area contributed by atoms with Crippen LogP contribution in [0.25, 0.3) is 16.0 Å². The van der Waals surface area contributed by atoms with Crippen molar-refractivity contribution < 1.29 is 9.53 Å². The highest BCUT2D eigenvalue weighted by Crippen LogP contribution is 2.37. The van der Waals surface area contributed by atoms with E-state index in [4.69, 9.17) is 4.74 Å². The number of carbonyl (C=O) groups is 1. The second kappa shape index (κ2) is 11.1. The first kappa shape index (κ1) is 27.1. The zero-order chi connectivity index (χ0) is 28.0. The molecule has 1 fully saturated rings. The maximum absolute atomic E-state index is 13.8. The molecular formula is C32H38N4O3S. The van der Waals surface area contributed by atoms with Gasteiger partial charge in [-0.2, -0.15) is 0 Å². The fourth-order valence-electron chi connectivity index (χ4n) is 6.41. The third-order valence-corrected chi connectivity index (χ3v) is 9.89. The number of H-pyrrole nitrogens is 1. The molecule has 0 aliphatic carbocycles. The first-order chi connectivity index (χ1) is 19.3. The number of aryl methyl sites for hydroxylation is 2. The molecule has 0 spiro atoms. The van der Waals surface area contributed by atoms with Gasteiger partial charge in [0.2, 0.25) is 0 Å². The molecule has 4 aromatic rings. The zero-order valence-corrected chi connectivity index (χ0v) is 24.7. The van der Waals surface area contributed by atoms with E-state index < -0.39 is 0 Å². The van der Waals surface area contributed by atoms with Gasteiger partial charge in [-0.15, -0.1) is 11.3 Å². The number of nitrogens with one attached hydrogen (secondary N) is 2. The summed E-state index contributed by atoms with van der Waals surface area (Å²) in [6.07, 6.45) is 4.06. The van der Waals surface area contributed by atoms with Gasteiger partial charge in [-0.1, -0.05) is 0 Å². The number of ether oxygens (including phenoxy) is 1. The average Bonchev–Trinajstić information content (AvgIpc) is 3.56. The summed E-state index contributed by atoms with van der Waals surface area (Å²) >= 11 is 1.89. The summed E-state index contributed by atoms with van der Waals surface area (Å²) in [6.45, 7) is 13.3. The van der Waals surface area contributed by atoms with E-state index in [1.54, 1.807) is 0 Å². The van der Waals surface area contributed by atoms with Crippen molar-refractivity contribution in [2.45, 2.75) is 59.5 Å². The number of nitrogens with zero attached hydrogens (tertiary/aromatic N) is 2. The van der Waals surface area contributed by atoms with Crippen LogP contribution in [-0.4, -0.2) is 52.9 Å². The minimum Gasteiger partial charge on any atom is -0.379 e. The molecular weight excluding hydrogens is 520 g/mol. The SMILES string of the molecule is Cc1cc(C)c(CCC(=O)c2cc3cc(-c4cc5c(s4)CCNC5)cn3c(C(C)N3CCOCC3)c2C)c(=O)[nH]1. The summed E-state index contributed by atoms with van der Waals surface area (Å²) in [5, 5.41) is 3.48. The first-order valence-corrected chi connectivity index (χ1v) is 15.1. The van der Waals surface area contributed by atoms with Crippen LogP contribution in [0.1, 0.15) is 68.3 Å². The van der Waals surface area contributed by atoms with E-state index in [2.05, 4.69) is 57.8 Å². The Morgan fingerprint density at radius 1 is 1.12 bits per heavy atom. The van der Waals surface area contributed by atoms with Crippen LogP contribution in [0.2, 0.25) is 0 Å². The number of pyridine rings is 2. The number of thiophene rings is 1. The molecule has 40 heavy (non-hydrogen) atoms. The molecule has 2 aliphatic heterocycles. The number of Topliss-reactive ketones (excluding diaryl/α,β-unsaturated/α-hetero) is 1. The van der Waals surface area contributed by atoms with Gasteiger partial charge in [0.15, 0.2) is 5.78 Å². The van der Waals surface area contributed by atoms with Crippen molar-refractivity contribution in [2.75, 3.05) is 32.8 Å². The van der Waals surface area contributed by atoms with Crippen molar-refractivity contribution in [3.63, 3.8) is 0 Å². The summed E-state index contributed by atoms with van der Waals surface area (Å²) < 4.78 is 7.93. The van der Waals surface area contributed by atoms with Crippen LogP contribution in [0.4, 0.5) is 0 Å². The van der Waals surface area contributed by atoms with Crippen molar-refractivity contribution >= 4 is 22.6 Å². The molecule has 4 aromatic heterocycles. The molecule has 0 saturated carbocycles. The molecule has 1 saturated heterocycles. The standard InChI is InChI=1S/C32H38N4O3S/c1-19-13-20(2)34-32(38)26(19)5-6-28(37)27-16-25-14-24(30-15-23-17-33-8-7-29(23)40-30)18-36(25)31(21(27)3)22(4)35-9-11-39-12-10-35/h13-16,18,22,33H,5-12,17H2,1-4H3,(H,34,38). The molecule has 2 aliphatic rings. The lowest BCUT2D eigenvalue weighted by atomic mass is 9.95. The molecule has 0 aromatic carbocycles. The molecule has 210 valence electrons. The maximum atomic E-state index is 13.8. The fourth-order valence-corrected chi connectivity index (χ4v) is 7.57. The summed E-state index contributed by atoms with van der Waals surface area (Å²) in [5.74, 6) is 0.0789.